The second-order valence-corrected chi connectivity index (χ2v) is 7.85. The van der Waals surface area contributed by atoms with E-state index < -0.39 is 0 Å². The van der Waals surface area contributed by atoms with Crippen LogP contribution in [0.2, 0.25) is 0 Å². The number of likely N-dealkylation sites (N-methyl/N-ethyl adjacent to an activating group) is 1. The molecule has 1 fully saturated rings. The Kier molecular flexibility index (Phi) is 7.02. The summed E-state index contributed by atoms with van der Waals surface area (Å²) >= 11 is 5.48. The summed E-state index contributed by atoms with van der Waals surface area (Å²) in [6.07, 6.45) is 5.95. The summed E-state index contributed by atoms with van der Waals surface area (Å²) in [7, 11) is 2.04. The highest BCUT2D eigenvalue weighted by molar-refractivity contribution is 7.80. The van der Waals surface area contributed by atoms with Gasteiger partial charge in [0.25, 0.3) is 0 Å². The molecule has 0 aromatic carbocycles. The number of thiocarbonyl (C=S) groups is 1. The average molecular weight is 349 g/mol. The molecule has 0 amide bonds. The Bertz CT molecular complexity index is 551. The van der Waals surface area contributed by atoms with Crippen molar-refractivity contribution in [3.63, 3.8) is 0 Å². The molecule has 1 heterocycles. The van der Waals surface area contributed by atoms with Crippen LogP contribution in [-0.2, 0) is 6.42 Å². The third-order valence-electron chi connectivity index (χ3n) is 5.36. The van der Waals surface area contributed by atoms with Crippen LogP contribution in [0.4, 0.5) is 0 Å². The normalized spacial score (nSPS) is 20.9. The van der Waals surface area contributed by atoms with Crippen molar-refractivity contribution in [2.24, 2.45) is 11.8 Å². The van der Waals surface area contributed by atoms with E-state index in [9.17, 15) is 0 Å². The smallest absolute Gasteiger partial charge is 0.213 e. The number of ether oxygens (including phenoxy) is 1. The molecule has 0 radical (unpaired) electrons. The molecular formula is C20H32N2OS. The highest BCUT2D eigenvalue weighted by Gasteiger charge is 2.24. The molecule has 0 saturated heterocycles. The van der Waals surface area contributed by atoms with Gasteiger partial charge in [-0.2, -0.15) is 0 Å². The molecule has 0 N–H and O–H groups in total. The van der Waals surface area contributed by atoms with Crippen molar-refractivity contribution in [1.29, 1.82) is 0 Å². The van der Waals surface area contributed by atoms with E-state index in [4.69, 9.17) is 17.0 Å². The van der Waals surface area contributed by atoms with Gasteiger partial charge in [-0.3, -0.25) is 0 Å². The molecule has 2 rings (SSSR count). The predicted molar refractivity (Wildman–Crippen MR) is 105 cm³/mol. The number of aryl methyl sites for hydroxylation is 1. The van der Waals surface area contributed by atoms with Crippen molar-refractivity contribution >= 4 is 17.2 Å². The van der Waals surface area contributed by atoms with Gasteiger partial charge in [-0.15, -0.1) is 0 Å². The fourth-order valence-electron chi connectivity index (χ4n) is 3.34. The lowest BCUT2D eigenvalue weighted by Gasteiger charge is -2.30. The lowest BCUT2D eigenvalue weighted by molar-refractivity contribution is 0.112. The van der Waals surface area contributed by atoms with Crippen molar-refractivity contribution in [2.75, 3.05) is 13.6 Å². The standard InChI is InChI=1S/C20H32N2OS/c1-6-22(5)20(24)13-17-9-12-19(21-15(17)4)23-18-10-7-16(8-11-18)14(2)3/h9,12,14,16,18H,6-8,10-11,13H2,1-5H3. The maximum Gasteiger partial charge on any atom is 0.213 e. The molecule has 3 nitrogen and oxygen atoms in total. The third kappa shape index (κ3) is 5.17. The molecule has 0 atom stereocenters. The Labute approximate surface area is 152 Å². The Hall–Kier alpha value is -1.16. The zero-order chi connectivity index (χ0) is 17.7. The van der Waals surface area contributed by atoms with E-state index in [1.165, 1.54) is 18.4 Å². The van der Waals surface area contributed by atoms with Gasteiger partial charge >= 0.3 is 0 Å². The monoisotopic (exact) mass is 348 g/mol. The first-order valence-electron chi connectivity index (χ1n) is 9.27. The number of hydrogen-bond donors (Lipinski definition) is 0. The highest BCUT2D eigenvalue weighted by atomic mass is 32.1. The molecule has 1 aliphatic carbocycles. The van der Waals surface area contributed by atoms with Gasteiger partial charge in [0.1, 0.15) is 6.10 Å². The van der Waals surface area contributed by atoms with Crippen LogP contribution < -0.4 is 4.74 Å². The SMILES string of the molecule is CCN(C)C(=S)Cc1ccc(OC2CCC(C(C)C)CC2)nc1C. The number of nitrogens with zero attached hydrogens (tertiary/aromatic N) is 2. The summed E-state index contributed by atoms with van der Waals surface area (Å²) in [5.41, 5.74) is 2.21. The molecular weight excluding hydrogens is 316 g/mol. The van der Waals surface area contributed by atoms with Gasteiger partial charge in [0, 0.05) is 31.8 Å². The molecule has 134 valence electrons. The zero-order valence-electron chi connectivity index (χ0n) is 15.8. The minimum Gasteiger partial charge on any atom is -0.474 e. The number of aromatic nitrogens is 1. The fourth-order valence-corrected chi connectivity index (χ4v) is 3.62. The number of pyridine rings is 1. The Morgan fingerprint density at radius 2 is 1.96 bits per heavy atom. The quantitative estimate of drug-likeness (QED) is 0.689. The van der Waals surface area contributed by atoms with Gasteiger partial charge in [0.2, 0.25) is 5.88 Å². The van der Waals surface area contributed by atoms with E-state index in [1.54, 1.807) is 0 Å². The summed E-state index contributed by atoms with van der Waals surface area (Å²) in [6, 6.07) is 4.12. The molecule has 1 aromatic heterocycles. The second kappa shape index (κ2) is 8.80. The topological polar surface area (TPSA) is 25.4 Å². The van der Waals surface area contributed by atoms with Crippen LogP contribution in [0.3, 0.4) is 0 Å². The minimum absolute atomic E-state index is 0.324. The van der Waals surface area contributed by atoms with Crippen molar-refractivity contribution in [3.05, 3.63) is 23.4 Å². The van der Waals surface area contributed by atoms with E-state index in [0.717, 1.165) is 54.2 Å². The lowest BCUT2D eigenvalue weighted by Crippen LogP contribution is -2.27. The predicted octanol–water partition coefficient (Wildman–Crippen LogP) is 4.81. The summed E-state index contributed by atoms with van der Waals surface area (Å²) in [4.78, 5) is 7.72. The van der Waals surface area contributed by atoms with Crippen LogP contribution in [0.15, 0.2) is 12.1 Å². The molecule has 0 spiro atoms. The van der Waals surface area contributed by atoms with Crippen LogP contribution in [0, 0.1) is 18.8 Å². The van der Waals surface area contributed by atoms with Crippen molar-refractivity contribution < 1.29 is 4.74 Å². The van der Waals surface area contributed by atoms with Crippen molar-refractivity contribution in [3.8, 4) is 5.88 Å². The summed E-state index contributed by atoms with van der Waals surface area (Å²) in [5, 5.41) is 0. The van der Waals surface area contributed by atoms with Gasteiger partial charge in [-0.25, -0.2) is 4.98 Å². The van der Waals surface area contributed by atoms with E-state index in [0.29, 0.717) is 6.10 Å². The van der Waals surface area contributed by atoms with Gasteiger partial charge in [0.15, 0.2) is 0 Å². The van der Waals surface area contributed by atoms with Crippen molar-refractivity contribution in [1.82, 2.24) is 9.88 Å². The Morgan fingerprint density at radius 3 is 2.50 bits per heavy atom. The van der Waals surface area contributed by atoms with Crippen molar-refractivity contribution in [2.45, 2.75) is 65.9 Å². The van der Waals surface area contributed by atoms with Gasteiger partial charge in [-0.1, -0.05) is 32.1 Å². The van der Waals surface area contributed by atoms with E-state index in [-0.39, 0.29) is 0 Å². The first-order chi connectivity index (χ1) is 11.4. The molecule has 1 aliphatic rings. The fraction of sp³-hybridized carbons (Fsp3) is 0.700. The maximum atomic E-state index is 6.14. The van der Waals surface area contributed by atoms with E-state index in [1.807, 2.05) is 20.0 Å². The minimum atomic E-state index is 0.324. The average Bonchev–Trinajstić information content (AvgIpc) is 2.57. The summed E-state index contributed by atoms with van der Waals surface area (Å²) in [5.74, 6) is 2.41. The van der Waals surface area contributed by atoms with Gasteiger partial charge < -0.3 is 9.64 Å². The molecule has 0 bridgehead atoms. The Morgan fingerprint density at radius 1 is 1.29 bits per heavy atom. The van der Waals surface area contributed by atoms with Crippen LogP contribution in [0.25, 0.3) is 0 Å². The first kappa shape index (κ1) is 19.2. The molecule has 4 heteroatoms. The largest absolute Gasteiger partial charge is 0.474 e. The van der Waals surface area contributed by atoms with E-state index in [2.05, 4.69) is 36.7 Å². The molecule has 1 saturated carbocycles. The third-order valence-corrected chi connectivity index (χ3v) is 5.82. The van der Waals surface area contributed by atoms with Crippen LogP contribution in [0.5, 0.6) is 5.88 Å². The second-order valence-electron chi connectivity index (χ2n) is 7.38. The summed E-state index contributed by atoms with van der Waals surface area (Å²) in [6.45, 7) is 9.76. The Balaban J connectivity index is 1.92. The zero-order valence-corrected chi connectivity index (χ0v) is 16.7. The van der Waals surface area contributed by atoms with Crippen LogP contribution in [-0.4, -0.2) is 34.6 Å². The van der Waals surface area contributed by atoms with Gasteiger partial charge in [0.05, 0.1) is 4.99 Å². The molecule has 0 unspecified atom stereocenters. The lowest BCUT2D eigenvalue weighted by atomic mass is 9.80. The first-order valence-corrected chi connectivity index (χ1v) is 9.68. The summed E-state index contributed by atoms with van der Waals surface area (Å²) < 4.78 is 6.14. The molecule has 24 heavy (non-hydrogen) atoms. The molecule has 1 aromatic rings. The van der Waals surface area contributed by atoms with Crippen LogP contribution >= 0.6 is 12.2 Å². The molecule has 0 aliphatic heterocycles. The highest BCUT2D eigenvalue weighted by Crippen LogP contribution is 2.31. The number of rotatable bonds is 6. The van der Waals surface area contributed by atoms with E-state index >= 15 is 0 Å². The maximum absolute atomic E-state index is 6.14. The number of hydrogen-bond acceptors (Lipinski definition) is 3. The van der Waals surface area contributed by atoms with Gasteiger partial charge in [-0.05, 0) is 56.9 Å². The van der Waals surface area contributed by atoms with Crippen LogP contribution in [0.1, 0.15) is 57.7 Å².